The van der Waals surface area contributed by atoms with E-state index in [9.17, 15) is 0 Å². The van der Waals surface area contributed by atoms with Gasteiger partial charge in [0.1, 0.15) is 0 Å². The number of rotatable bonds is 1. The van der Waals surface area contributed by atoms with Gasteiger partial charge in [-0.3, -0.25) is 0 Å². The summed E-state index contributed by atoms with van der Waals surface area (Å²) >= 11 is 7.74. The Hall–Kier alpha value is 0.240. The Morgan fingerprint density at radius 3 is 3.08 bits per heavy atom. The van der Waals surface area contributed by atoms with Gasteiger partial charge < -0.3 is 5.32 Å². The summed E-state index contributed by atoms with van der Waals surface area (Å²) in [6, 6.07) is 0.629. The van der Waals surface area contributed by atoms with Crippen LogP contribution < -0.4 is 5.32 Å². The second kappa shape index (κ2) is 4.65. The molecule has 1 aromatic rings. The average molecular weight is 238 g/mol. The molecule has 0 saturated heterocycles. The van der Waals surface area contributed by atoms with Crippen LogP contribution in [0.1, 0.15) is 17.5 Å². The minimum atomic E-state index is 0. The Bertz CT molecular complexity index is 285. The summed E-state index contributed by atoms with van der Waals surface area (Å²) in [5.41, 5.74) is 2.85. The lowest BCUT2D eigenvalue weighted by atomic mass is 9.92. The average Bonchev–Trinajstić information content (AvgIpc) is 2.47. The minimum absolute atomic E-state index is 0. The van der Waals surface area contributed by atoms with Gasteiger partial charge >= 0.3 is 0 Å². The molecule has 1 aliphatic rings. The molecule has 0 aliphatic heterocycles. The fourth-order valence-electron chi connectivity index (χ4n) is 1.74. The first kappa shape index (κ1) is 11.3. The molecule has 0 bridgehead atoms. The van der Waals surface area contributed by atoms with Crippen LogP contribution in [0.3, 0.4) is 0 Å². The number of fused-ring (bicyclic) bond motifs is 1. The van der Waals surface area contributed by atoms with Crippen LogP contribution in [0.25, 0.3) is 0 Å². The molecule has 4 heteroatoms. The maximum Gasteiger partial charge on any atom is 0.0963 e. The molecule has 1 N–H and O–H groups in total. The summed E-state index contributed by atoms with van der Waals surface area (Å²) in [4.78, 5) is 0. The predicted octanol–water partition coefficient (Wildman–Crippen LogP) is 2.90. The molecular weight excluding hydrogens is 225 g/mol. The van der Waals surface area contributed by atoms with Gasteiger partial charge in [0.05, 0.1) is 4.34 Å². The molecule has 74 valence electrons. The predicted molar refractivity (Wildman–Crippen MR) is 61.4 cm³/mol. The van der Waals surface area contributed by atoms with Crippen LogP contribution in [0.15, 0.2) is 5.38 Å². The molecule has 1 atom stereocenters. The first-order valence-corrected chi connectivity index (χ1v) is 5.49. The van der Waals surface area contributed by atoms with Crippen molar-refractivity contribution >= 4 is 35.3 Å². The molecule has 1 heterocycles. The van der Waals surface area contributed by atoms with E-state index in [1.807, 2.05) is 7.05 Å². The van der Waals surface area contributed by atoms with Crippen LogP contribution >= 0.6 is 35.3 Å². The van der Waals surface area contributed by atoms with E-state index in [0.29, 0.717) is 6.04 Å². The normalized spacial score (nSPS) is 20.6. The second-order valence-corrected chi connectivity index (χ2v) is 4.72. The molecular formula is C9H13Cl2NS. The highest BCUT2D eigenvalue weighted by atomic mass is 35.5. The largest absolute Gasteiger partial charge is 0.317 e. The second-order valence-electron chi connectivity index (χ2n) is 3.24. The van der Waals surface area contributed by atoms with E-state index in [1.54, 1.807) is 11.3 Å². The first-order chi connectivity index (χ1) is 5.81. The van der Waals surface area contributed by atoms with Gasteiger partial charge in [0.2, 0.25) is 0 Å². The number of hydrogen-bond acceptors (Lipinski definition) is 2. The van der Waals surface area contributed by atoms with Gasteiger partial charge in [0.25, 0.3) is 0 Å². The van der Waals surface area contributed by atoms with Gasteiger partial charge in [-0.1, -0.05) is 11.6 Å². The summed E-state index contributed by atoms with van der Waals surface area (Å²) in [6.45, 7) is 0. The van der Waals surface area contributed by atoms with E-state index in [1.165, 1.54) is 24.0 Å². The van der Waals surface area contributed by atoms with E-state index in [-0.39, 0.29) is 12.4 Å². The molecule has 0 spiro atoms. The van der Waals surface area contributed by atoms with E-state index in [0.717, 1.165) is 10.8 Å². The highest BCUT2D eigenvalue weighted by molar-refractivity contribution is 7.14. The number of thiophene rings is 1. The van der Waals surface area contributed by atoms with Crippen LogP contribution in [0, 0.1) is 0 Å². The molecule has 0 fully saturated rings. The van der Waals surface area contributed by atoms with Crippen LogP contribution in [0.2, 0.25) is 4.34 Å². The zero-order chi connectivity index (χ0) is 8.55. The summed E-state index contributed by atoms with van der Waals surface area (Å²) in [5.74, 6) is 0. The molecule has 1 nitrogen and oxygen atoms in total. The lowest BCUT2D eigenvalue weighted by molar-refractivity contribution is 0.498. The maximum absolute atomic E-state index is 6.07. The topological polar surface area (TPSA) is 12.0 Å². The van der Waals surface area contributed by atoms with Crippen molar-refractivity contribution in [3.05, 3.63) is 20.8 Å². The summed E-state index contributed by atoms with van der Waals surface area (Å²) < 4.78 is 0.991. The third-order valence-electron chi connectivity index (χ3n) is 2.55. The molecule has 0 radical (unpaired) electrons. The first-order valence-electron chi connectivity index (χ1n) is 4.23. The van der Waals surface area contributed by atoms with E-state index < -0.39 is 0 Å². The molecule has 0 saturated carbocycles. The van der Waals surface area contributed by atoms with E-state index in [4.69, 9.17) is 11.6 Å². The third kappa shape index (κ3) is 2.18. The van der Waals surface area contributed by atoms with Crippen molar-refractivity contribution in [1.82, 2.24) is 5.32 Å². The van der Waals surface area contributed by atoms with Gasteiger partial charge in [-0.05, 0) is 42.8 Å². The zero-order valence-electron chi connectivity index (χ0n) is 7.47. The van der Waals surface area contributed by atoms with E-state index in [2.05, 4.69) is 10.7 Å². The fourth-order valence-corrected chi connectivity index (χ4v) is 2.93. The monoisotopic (exact) mass is 237 g/mol. The van der Waals surface area contributed by atoms with Gasteiger partial charge in [-0.25, -0.2) is 0 Å². The van der Waals surface area contributed by atoms with Gasteiger partial charge in [0.15, 0.2) is 0 Å². The van der Waals surface area contributed by atoms with E-state index >= 15 is 0 Å². The Morgan fingerprint density at radius 1 is 1.62 bits per heavy atom. The number of nitrogens with one attached hydrogen (secondary N) is 1. The number of hydrogen-bond donors (Lipinski definition) is 1. The van der Waals surface area contributed by atoms with Crippen molar-refractivity contribution in [3.63, 3.8) is 0 Å². The Balaban J connectivity index is 0.000000845. The quantitative estimate of drug-likeness (QED) is 0.793. The Morgan fingerprint density at radius 2 is 2.38 bits per heavy atom. The summed E-state index contributed by atoms with van der Waals surface area (Å²) in [6.07, 6.45) is 3.54. The van der Waals surface area contributed by atoms with Gasteiger partial charge in [-0.15, -0.1) is 23.7 Å². The minimum Gasteiger partial charge on any atom is -0.317 e. The molecule has 2 rings (SSSR count). The standard InChI is InChI=1S/C9H12ClNS.ClH/c1-11-7-3-2-6-5-12-9(10)8(6)4-7;/h5,7,11H,2-4H2,1H3;1H. The molecule has 1 unspecified atom stereocenters. The van der Waals surface area contributed by atoms with Crippen molar-refractivity contribution in [2.45, 2.75) is 25.3 Å². The molecule has 0 aromatic carbocycles. The Kier molecular flexibility index (Phi) is 4.05. The van der Waals surface area contributed by atoms with Crippen molar-refractivity contribution in [3.8, 4) is 0 Å². The number of aryl methyl sites for hydroxylation is 1. The highest BCUT2D eigenvalue weighted by Crippen LogP contribution is 2.33. The smallest absolute Gasteiger partial charge is 0.0963 e. The maximum atomic E-state index is 6.07. The summed E-state index contributed by atoms with van der Waals surface area (Å²) in [7, 11) is 2.02. The van der Waals surface area contributed by atoms with Crippen LogP contribution in [-0.4, -0.2) is 13.1 Å². The molecule has 13 heavy (non-hydrogen) atoms. The third-order valence-corrected chi connectivity index (χ3v) is 3.90. The van der Waals surface area contributed by atoms with Crippen molar-refractivity contribution < 1.29 is 0 Å². The van der Waals surface area contributed by atoms with Gasteiger partial charge in [0, 0.05) is 6.04 Å². The highest BCUT2D eigenvalue weighted by Gasteiger charge is 2.20. The molecule has 0 amide bonds. The fraction of sp³-hybridized carbons (Fsp3) is 0.556. The van der Waals surface area contributed by atoms with Crippen molar-refractivity contribution in [2.75, 3.05) is 7.05 Å². The van der Waals surface area contributed by atoms with Crippen LogP contribution in [0.5, 0.6) is 0 Å². The van der Waals surface area contributed by atoms with Crippen LogP contribution in [-0.2, 0) is 12.8 Å². The molecule has 1 aliphatic carbocycles. The lowest BCUT2D eigenvalue weighted by Gasteiger charge is -2.21. The zero-order valence-corrected chi connectivity index (χ0v) is 9.86. The van der Waals surface area contributed by atoms with Crippen molar-refractivity contribution in [2.24, 2.45) is 0 Å². The van der Waals surface area contributed by atoms with Crippen LogP contribution in [0.4, 0.5) is 0 Å². The SMILES string of the molecule is CNC1CCc2csc(Cl)c2C1.Cl. The lowest BCUT2D eigenvalue weighted by Crippen LogP contribution is -2.31. The number of likely N-dealkylation sites (N-methyl/N-ethyl adjacent to an activating group) is 1. The Labute approximate surface area is 93.9 Å². The molecule has 1 aromatic heterocycles. The van der Waals surface area contributed by atoms with Gasteiger partial charge in [-0.2, -0.15) is 0 Å². The van der Waals surface area contributed by atoms with Crippen molar-refractivity contribution in [1.29, 1.82) is 0 Å². The number of halogens is 2. The summed E-state index contributed by atoms with van der Waals surface area (Å²) in [5, 5.41) is 5.51.